The number of carbonyl (C=O) groups excluding carboxylic acids is 3. The van der Waals surface area contributed by atoms with Crippen LogP contribution in [-0.2, 0) is 23.8 Å². The van der Waals surface area contributed by atoms with Crippen molar-refractivity contribution in [2.45, 2.75) is 232 Å². The van der Waals surface area contributed by atoms with Gasteiger partial charge in [-0.1, -0.05) is 161 Å². The van der Waals surface area contributed by atoms with Gasteiger partial charge in [0.15, 0.2) is 0 Å². The van der Waals surface area contributed by atoms with Crippen LogP contribution >= 0.6 is 0 Å². The van der Waals surface area contributed by atoms with Crippen molar-refractivity contribution in [1.29, 1.82) is 0 Å². The number of hydrogen-bond acceptors (Lipinski definition) is 9. The highest BCUT2D eigenvalue weighted by molar-refractivity contribution is 5.69. The highest BCUT2D eigenvalue weighted by Crippen LogP contribution is 2.21. The van der Waals surface area contributed by atoms with Crippen molar-refractivity contribution in [3.63, 3.8) is 0 Å². The number of esters is 2. The van der Waals surface area contributed by atoms with Gasteiger partial charge in [0, 0.05) is 30.9 Å². The van der Waals surface area contributed by atoms with Gasteiger partial charge in [0.1, 0.15) is 18.5 Å². The van der Waals surface area contributed by atoms with Crippen LogP contribution in [0.4, 0.5) is 10.5 Å². The molecule has 62 heavy (non-hydrogen) atoms. The van der Waals surface area contributed by atoms with Gasteiger partial charge in [0.25, 0.3) is 5.69 Å². The van der Waals surface area contributed by atoms with Crippen LogP contribution in [0.2, 0.25) is 0 Å². The molecule has 0 N–H and O–H groups in total. The molecule has 1 atom stereocenters. The molecule has 0 saturated carbocycles. The lowest BCUT2D eigenvalue weighted by Crippen LogP contribution is -2.22. The third kappa shape index (κ3) is 34.8. The number of unbranched alkanes of at least 4 members (excludes halogenated alkanes) is 21. The van der Waals surface area contributed by atoms with Gasteiger partial charge in [-0.15, -0.1) is 0 Å². The fourth-order valence-electron chi connectivity index (χ4n) is 7.39. The zero-order valence-corrected chi connectivity index (χ0v) is 39.4. The van der Waals surface area contributed by atoms with E-state index in [4.69, 9.17) is 18.9 Å². The van der Waals surface area contributed by atoms with Gasteiger partial charge in [-0.25, -0.2) is 4.79 Å². The summed E-state index contributed by atoms with van der Waals surface area (Å²) in [6.07, 6.45) is 41.8. The third-order valence-corrected chi connectivity index (χ3v) is 11.3. The number of nitrogens with zero attached hydrogens (tertiary/aromatic N) is 1. The molecular formula is C52H87NO9. The summed E-state index contributed by atoms with van der Waals surface area (Å²) in [5.41, 5.74) is -0.111. The third-order valence-electron chi connectivity index (χ3n) is 11.3. The molecule has 1 unspecified atom stereocenters. The lowest BCUT2D eigenvalue weighted by molar-refractivity contribution is -0.384. The molecule has 0 fully saturated rings. The van der Waals surface area contributed by atoms with E-state index in [2.05, 4.69) is 45.1 Å². The highest BCUT2D eigenvalue weighted by Gasteiger charge is 2.18. The Morgan fingerprint density at radius 3 is 1.56 bits per heavy atom. The van der Waals surface area contributed by atoms with E-state index in [9.17, 15) is 24.5 Å². The van der Waals surface area contributed by atoms with Crippen molar-refractivity contribution in [2.75, 3.05) is 13.2 Å². The number of benzene rings is 1. The fourth-order valence-corrected chi connectivity index (χ4v) is 7.39. The van der Waals surface area contributed by atoms with Crippen LogP contribution in [0.3, 0.4) is 0 Å². The van der Waals surface area contributed by atoms with Gasteiger partial charge >= 0.3 is 18.1 Å². The summed E-state index contributed by atoms with van der Waals surface area (Å²) in [6.45, 7) is 6.84. The molecule has 0 spiro atoms. The number of nitro groups is 1. The Balaban J connectivity index is 2.49. The van der Waals surface area contributed by atoms with Crippen molar-refractivity contribution in [2.24, 2.45) is 5.92 Å². The molecule has 10 nitrogen and oxygen atoms in total. The van der Waals surface area contributed by atoms with E-state index in [1.165, 1.54) is 114 Å². The Hall–Kier alpha value is -3.69. The normalized spacial score (nSPS) is 12.0. The maximum atomic E-state index is 12.9. The van der Waals surface area contributed by atoms with Crippen LogP contribution < -0.4 is 4.74 Å². The van der Waals surface area contributed by atoms with Crippen LogP contribution in [0.15, 0.2) is 48.6 Å². The quantitative estimate of drug-likeness (QED) is 0.0120. The van der Waals surface area contributed by atoms with Crippen molar-refractivity contribution < 1.29 is 38.3 Å². The first-order valence-corrected chi connectivity index (χ1v) is 25.0. The van der Waals surface area contributed by atoms with Crippen LogP contribution in [0.25, 0.3) is 0 Å². The van der Waals surface area contributed by atoms with Gasteiger partial charge in [0.2, 0.25) is 0 Å². The molecule has 0 radical (unpaired) electrons. The van der Waals surface area contributed by atoms with Crippen LogP contribution in [0.1, 0.15) is 226 Å². The second-order valence-corrected chi connectivity index (χ2v) is 17.1. The standard InChI is InChI=1S/C52H87NO9/c1-4-7-10-13-16-17-18-19-20-21-22-23-24-27-33-38-50(54)59-44-46(45-60-52(56)62-49-42-40-47(41-43-49)53(57)58)35-30-28-29-34-39-51(55)61-48(36-31-25-14-11-8-5-2)37-32-26-15-12-9-6-3/h16-17,19-20,40-43,46,48H,4-15,18,21-39,44-45H2,1-3H3/b17-16-,20-19-. The molecule has 0 aliphatic heterocycles. The molecule has 0 amide bonds. The first-order chi connectivity index (χ1) is 30.3. The Bertz CT molecular complexity index is 1300. The summed E-state index contributed by atoms with van der Waals surface area (Å²) in [5, 5.41) is 11.0. The maximum absolute atomic E-state index is 12.9. The van der Waals surface area contributed by atoms with Gasteiger partial charge in [-0.2, -0.15) is 0 Å². The van der Waals surface area contributed by atoms with E-state index in [1.807, 2.05) is 0 Å². The molecule has 0 aliphatic rings. The minimum absolute atomic E-state index is 0.00765. The van der Waals surface area contributed by atoms with Crippen molar-refractivity contribution in [3.8, 4) is 5.75 Å². The van der Waals surface area contributed by atoms with Gasteiger partial charge in [-0.3, -0.25) is 19.7 Å². The predicted octanol–water partition coefficient (Wildman–Crippen LogP) is 15.8. The molecule has 0 saturated heterocycles. The average Bonchev–Trinajstić information content (AvgIpc) is 3.26. The maximum Gasteiger partial charge on any atom is 0.513 e. The fraction of sp³-hybridized carbons (Fsp3) is 0.750. The summed E-state index contributed by atoms with van der Waals surface area (Å²) in [7, 11) is 0. The number of hydrogen-bond donors (Lipinski definition) is 0. The molecule has 0 heterocycles. The molecule has 0 bridgehead atoms. The lowest BCUT2D eigenvalue weighted by Gasteiger charge is -2.18. The molecule has 0 aliphatic carbocycles. The number of carbonyl (C=O) groups is 3. The minimum Gasteiger partial charge on any atom is -0.465 e. The summed E-state index contributed by atoms with van der Waals surface area (Å²) in [4.78, 5) is 48.4. The van der Waals surface area contributed by atoms with Gasteiger partial charge in [0.05, 0.1) is 11.5 Å². The van der Waals surface area contributed by atoms with E-state index >= 15 is 0 Å². The van der Waals surface area contributed by atoms with E-state index < -0.39 is 11.1 Å². The zero-order chi connectivity index (χ0) is 45.1. The monoisotopic (exact) mass is 870 g/mol. The number of non-ortho nitro benzene ring substituents is 1. The summed E-state index contributed by atoms with van der Waals surface area (Å²) < 4.78 is 22.3. The highest BCUT2D eigenvalue weighted by atomic mass is 16.7. The number of rotatable bonds is 42. The van der Waals surface area contributed by atoms with Gasteiger partial charge < -0.3 is 18.9 Å². The molecule has 354 valence electrons. The number of nitro benzene ring substituents is 1. The Morgan fingerprint density at radius 2 is 1.00 bits per heavy atom. The summed E-state index contributed by atoms with van der Waals surface area (Å²) >= 11 is 0. The van der Waals surface area contributed by atoms with Crippen LogP contribution in [0, 0.1) is 16.0 Å². The molecule has 10 heteroatoms. The first kappa shape index (κ1) is 56.3. The summed E-state index contributed by atoms with van der Waals surface area (Å²) in [6, 6.07) is 5.19. The zero-order valence-electron chi connectivity index (χ0n) is 39.4. The number of allylic oxidation sites excluding steroid dienone is 4. The van der Waals surface area contributed by atoms with Crippen molar-refractivity contribution >= 4 is 23.8 Å². The van der Waals surface area contributed by atoms with Crippen LogP contribution in [-0.4, -0.2) is 42.3 Å². The Morgan fingerprint density at radius 1 is 0.548 bits per heavy atom. The van der Waals surface area contributed by atoms with Gasteiger partial charge in [-0.05, 0) is 89.2 Å². The lowest BCUT2D eigenvalue weighted by atomic mass is 10.0. The average molecular weight is 870 g/mol. The minimum atomic E-state index is -0.926. The van der Waals surface area contributed by atoms with E-state index in [0.717, 1.165) is 96.3 Å². The van der Waals surface area contributed by atoms with Crippen molar-refractivity contribution in [3.05, 3.63) is 58.7 Å². The topological polar surface area (TPSA) is 131 Å². The predicted molar refractivity (Wildman–Crippen MR) is 252 cm³/mol. The molecule has 1 aromatic rings. The summed E-state index contributed by atoms with van der Waals surface area (Å²) in [5.74, 6) is -0.432. The second kappa shape index (κ2) is 41.3. The Kier molecular flexibility index (Phi) is 37.5. The van der Waals surface area contributed by atoms with E-state index in [0.29, 0.717) is 19.3 Å². The first-order valence-electron chi connectivity index (χ1n) is 25.0. The molecule has 1 rings (SSSR count). The second-order valence-electron chi connectivity index (χ2n) is 17.1. The van der Waals surface area contributed by atoms with Crippen molar-refractivity contribution in [1.82, 2.24) is 0 Å². The smallest absolute Gasteiger partial charge is 0.465 e. The molecule has 1 aromatic carbocycles. The van der Waals surface area contributed by atoms with E-state index in [1.54, 1.807) is 0 Å². The van der Waals surface area contributed by atoms with E-state index in [-0.39, 0.29) is 48.6 Å². The molecular weight excluding hydrogens is 783 g/mol. The van der Waals surface area contributed by atoms with Crippen LogP contribution in [0.5, 0.6) is 5.75 Å². The Labute approximate surface area is 376 Å². The SMILES string of the molecule is CCCCC/C=C\C/C=C\CCCCCCCC(=O)OCC(CCCCCCC(=O)OC(CCCCCCCC)CCCCCCCC)COC(=O)Oc1ccc([N+](=O)[O-])cc1. The largest absolute Gasteiger partial charge is 0.513 e. The number of ether oxygens (including phenoxy) is 4. The molecule has 0 aromatic heterocycles.